The molecule has 2 rings (SSSR count). The second kappa shape index (κ2) is 7.16. The molecular weight excluding hydrogens is 331 g/mol. The van der Waals surface area contributed by atoms with Gasteiger partial charge >= 0.3 is 0 Å². The molecule has 3 N–H and O–H groups in total. The van der Waals surface area contributed by atoms with E-state index in [0.717, 1.165) is 17.5 Å². The highest BCUT2D eigenvalue weighted by Crippen LogP contribution is 2.30. The summed E-state index contributed by atoms with van der Waals surface area (Å²) < 4.78 is 14.2. The topological polar surface area (TPSA) is 38.0 Å². The van der Waals surface area contributed by atoms with E-state index in [1.807, 2.05) is 18.2 Å². The van der Waals surface area contributed by atoms with Crippen LogP contribution in [0.25, 0.3) is 0 Å². The molecule has 0 bridgehead atoms. The van der Waals surface area contributed by atoms with Gasteiger partial charge < -0.3 is 0 Å². The lowest BCUT2D eigenvalue weighted by molar-refractivity contribution is 0.596. The summed E-state index contributed by atoms with van der Waals surface area (Å²) in [7, 11) is 0. The maximum absolute atomic E-state index is 13.7. The van der Waals surface area contributed by atoms with Crippen molar-refractivity contribution in [2.75, 3.05) is 0 Å². The number of hydrogen-bond donors (Lipinski definition) is 2. The third kappa shape index (κ3) is 3.90. The lowest BCUT2D eigenvalue weighted by Gasteiger charge is -2.19. The summed E-state index contributed by atoms with van der Waals surface area (Å²) in [5.41, 5.74) is 5.87. The van der Waals surface area contributed by atoms with Crippen LogP contribution in [0.1, 0.15) is 36.6 Å². The van der Waals surface area contributed by atoms with Gasteiger partial charge in [-0.2, -0.15) is 0 Å². The van der Waals surface area contributed by atoms with E-state index in [0.29, 0.717) is 10.4 Å². The van der Waals surface area contributed by atoms with Crippen molar-refractivity contribution in [2.45, 2.75) is 26.3 Å². The van der Waals surface area contributed by atoms with Gasteiger partial charge in [0.05, 0.1) is 10.5 Å². The van der Waals surface area contributed by atoms with E-state index in [9.17, 15) is 4.39 Å². The Hall–Kier alpha value is -1.23. The Kier molecular flexibility index (Phi) is 5.51. The van der Waals surface area contributed by atoms with Crippen molar-refractivity contribution in [1.82, 2.24) is 5.43 Å². The van der Waals surface area contributed by atoms with Gasteiger partial charge in [-0.3, -0.25) is 5.84 Å². The van der Waals surface area contributed by atoms with E-state index < -0.39 is 0 Å². The Balaban J connectivity index is 2.39. The van der Waals surface area contributed by atoms with Crippen LogP contribution in [0.3, 0.4) is 0 Å². The maximum atomic E-state index is 13.7. The van der Waals surface area contributed by atoms with Gasteiger partial charge in [-0.25, -0.2) is 9.82 Å². The van der Waals surface area contributed by atoms with Crippen LogP contribution >= 0.6 is 15.9 Å². The van der Waals surface area contributed by atoms with Crippen molar-refractivity contribution in [3.63, 3.8) is 0 Å². The van der Waals surface area contributed by atoms with Gasteiger partial charge in [0.2, 0.25) is 0 Å². The molecule has 112 valence electrons. The van der Waals surface area contributed by atoms with E-state index in [-0.39, 0.29) is 11.9 Å². The van der Waals surface area contributed by atoms with Crippen LogP contribution < -0.4 is 11.3 Å². The molecule has 1 unspecified atom stereocenters. The quantitative estimate of drug-likeness (QED) is 0.621. The van der Waals surface area contributed by atoms with Crippen molar-refractivity contribution >= 4 is 15.9 Å². The highest BCUT2D eigenvalue weighted by Gasteiger charge is 2.17. The first-order valence-electron chi connectivity index (χ1n) is 7.01. The first kappa shape index (κ1) is 16.1. The first-order chi connectivity index (χ1) is 10.0. The molecule has 0 fully saturated rings. The summed E-state index contributed by atoms with van der Waals surface area (Å²) in [4.78, 5) is 0. The zero-order valence-corrected chi connectivity index (χ0v) is 13.8. The zero-order chi connectivity index (χ0) is 15.4. The summed E-state index contributed by atoms with van der Waals surface area (Å²) in [6.45, 7) is 4.38. The molecule has 0 aromatic heterocycles. The van der Waals surface area contributed by atoms with Gasteiger partial charge in [0, 0.05) is 0 Å². The standard InChI is InChI=1S/C17H20BrFN2/c1-11(2)9-12-5-3-6-13(10-12)17(21-20)14-7-4-8-15(19)16(14)18/h3-8,10-11,17,21H,9,20H2,1-2H3. The number of nitrogens with two attached hydrogens (primary N) is 1. The molecule has 0 heterocycles. The molecule has 0 aliphatic heterocycles. The summed E-state index contributed by atoms with van der Waals surface area (Å²) in [6, 6.07) is 13.0. The molecule has 1 atom stereocenters. The minimum absolute atomic E-state index is 0.248. The van der Waals surface area contributed by atoms with E-state index in [4.69, 9.17) is 5.84 Å². The van der Waals surface area contributed by atoms with Crippen molar-refractivity contribution in [3.8, 4) is 0 Å². The number of hydrogen-bond acceptors (Lipinski definition) is 2. The third-order valence-electron chi connectivity index (χ3n) is 3.39. The number of hydrazine groups is 1. The monoisotopic (exact) mass is 350 g/mol. The molecule has 0 aliphatic rings. The Labute approximate surface area is 133 Å². The van der Waals surface area contributed by atoms with Crippen LogP contribution in [0.15, 0.2) is 46.9 Å². The highest BCUT2D eigenvalue weighted by molar-refractivity contribution is 9.10. The predicted octanol–water partition coefficient (Wildman–Crippen LogP) is 4.34. The second-order valence-electron chi connectivity index (χ2n) is 5.59. The SMILES string of the molecule is CC(C)Cc1cccc(C(NN)c2cccc(F)c2Br)c1. The lowest BCUT2D eigenvalue weighted by atomic mass is 9.95. The van der Waals surface area contributed by atoms with Crippen molar-refractivity contribution in [2.24, 2.45) is 11.8 Å². The molecule has 0 spiro atoms. The van der Waals surface area contributed by atoms with Gasteiger partial charge in [0.15, 0.2) is 0 Å². The molecule has 4 heteroatoms. The zero-order valence-electron chi connectivity index (χ0n) is 12.2. The van der Waals surface area contributed by atoms with Gasteiger partial charge in [0.1, 0.15) is 5.82 Å². The Bertz CT molecular complexity index is 613. The smallest absolute Gasteiger partial charge is 0.137 e. The molecule has 0 radical (unpaired) electrons. The van der Waals surface area contributed by atoms with E-state index in [1.165, 1.54) is 11.6 Å². The van der Waals surface area contributed by atoms with Gasteiger partial charge in [-0.05, 0) is 51.0 Å². The molecule has 0 amide bonds. The second-order valence-corrected chi connectivity index (χ2v) is 6.38. The minimum atomic E-state index is -0.286. The fourth-order valence-corrected chi connectivity index (χ4v) is 2.97. The summed E-state index contributed by atoms with van der Waals surface area (Å²) in [6.07, 6.45) is 1.01. The Morgan fingerprint density at radius 2 is 1.90 bits per heavy atom. The molecule has 21 heavy (non-hydrogen) atoms. The minimum Gasteiger partial charge on any atom is -0.271 e. The van der Waals surface area contributed by atoms with Crippen LogP contribution in [0, 0.1) is 11.7 Å². The van der Waals surface area contributed by atoms with Gasteiger partial charge in [-0.1, -0.05) is 50.2 Å². The summed E-state index contributed by atoms with van der Waals surface area (Å²) in [5, 5.41) is 0. The highest BCUT2D eigenvalue weighted by atomic mass is 79.9. The van der Waals surface area contributed by atoms with Gasteiger partial charge in [0.25, 0.3) is 0 Å². The Morgan fingerprint density at radius 1 is 1.19 bits per heavy atom. The largest absolute Gasteiger partial charge is 0.271 e. The first-order valence-corrected chi connectivity index (χ1v) is 7.81. The molecule has 2 aromatic rings. The summed E-state index contributed by atoms with van der Waals surface area (Å²) in [5.74, 6) is 6.02. The molecular formula is C17H20BrFN2. The number of halogens is 2. The predicted molar refractivity (Wildman–Crippen MR) is 88.3 cm³/mol. The third-order valence-corrected chi connectivity index (χ3v) is 4.22. The van der Waals surface area contributed by atoms with E-state index in [1.54, 1.807) is 6.07 Å². The number of rotatable bonds is 5. The normalized spacial score (nSPS) is 12.7. The average Bonchev–Trinajstić information content (AvgIpc) is 2.44. The number of benzene rings is 2. The molecule has 0 saturated heterocycles. The lowest BCUT2D eigenvalue weighted by Crippen LogP contribution is -2.29. The van der Waals surface area contributed by atoms with Crippen molar-refractivity contribution < 1.29 is 4.39 Å². The Morgan fingerprint density at radius 3 is 2.57 bits per heavy atom. The molecule has 2 nitrogen and oxygen atoms in total. The van der Waals surface area contributed by atoms with Crippen molar-refractivity contribution in [3.05, 3.63) is 69.4 Å². The number of nitrogens with one attached hydrogen (secondary N) is 1. The summed E-state index contributed by atoms with van der Waals surface area (Å²) >= 11 is 3.31. The molecule has 0 saturated carbocycles. The van der Waals surface area contributed by atoms with E-state index >= 15 is 0 Å². The van der Waals surface area contributed by atoms with Crippen molar-refractivity contribution in [1.29, 1.82) is 0 Å². The van der Waals surface area contributed by atoms with Crippen LogP contribution in [0.5, 0.6) is 0 Å². The fraction of sp³-hybridized carbons (Fsp3) is 0.294. The van der Waals surface area contributed by atoms with Crippen LogP contribution in [0.2, 0.25) is 0 Å². The molecule has 2 aromatic carbocycles. The van der Waals surface area contributed by atoms with E-state index in [2.05, 4.69) is 47.3 Å². The maximum Gasteiger partial charge on any atom is 0.137 e. The molecule has 0 aliphatic carbocycles. The van der Waals surface area contributed by atoms with Crippen LogP contribution in [0.4, 0.5) is 4.39 Å². The van der Waals surface area contributed by atoms with Crippen LogP contribution in [-0.4, -0.2) is 0 Å². The average molecular weight is 351 g/mol. The fourth-order valence-electron chi connectivity index (χ4n) is 2.48. The van der Waals surface area contributed by atoms with Crippen LogP contribution in [-0.2, 0) is 6.42 Å². The van der Waals surface area contributed by atoms with Gasteiger partial charge in [-0.15, -0.1) is 0 Å².